The first-order valence-corrected chi connectivity index (χ1v) is 21.5. The van der Waals surface area contributed by atoms with Crippen molar-refractivity contribution in [3.05, 3.63) is 240 Å². The third-order valence-electron chi connectivity index (χ3n) is 12.2. The molecule has 2 heterocycles. The zero-order valence-corrected chi connectivity index (χ0v) is 36.0. The number of fused-ring (bicyclic) bond motifs is 7. The highest BCUT2D eigenvalue weighted by Gasteiger charge is 2.37. The number of benzene rings is 9. The molecule has 0 saturated carbocycles. The monoisotopic (exact) mass is 817 g/mol. The molecule has 5 heteroatoms. The topological polar surface area (TPSA) is 84.1 Å². The van der Waals surface area contributed by atoms with Crippen LogP contribution in [0.15, 0.2) is 212 Å². The first-order chi connectivity index (χ1) is 30.7. The van der Waals surface area contributed by atoms with Crippen molar-refractivity contribution in [1.82, 2.24) is 4.57 Å². The predicted molar refractivity (Wildman–Crippen MR) is 267 cm³/mol. The van der Waals surface area contributed by atoms with Crippen molar-refractivity contribution in [1.29, 1.82) is 5.41 Å². The van der Waals surface area contributed by atoms with Gasteiger partial charge in [-0.3, -0.25) is 5.41 Å². The summed E-state index contributed by atoms with van der Waals surface area (Å²) in [7, 11) is 0. The van der Waals surface area contributed by atoms with E-state index in [0.29, 0.717) is 6.54 Å². The van der Waals surface area contributed by atoms with Crippen molar-refractivity contribution >= 4 is 55.5 Å². The molecule has 0 fully saturated rings. The highest BCUT2D eigenvalue weighted by Crippen LogP contribution is 2.53. The smallest absolute Gasteiger partial charge is 0.122 e. The van der Waals surface area contributed by atoms with Crippen LogP contribution in [0.5, 0.6) is 0 Å². The van der Waals surface area contributed by atoms with Crippen molar-refractivity contribution in [3.8, 4) is 16.8 Å². The van der Waals surface area contributed by atoms with Crippen LogP contribution in [0.3, 0.4) is 0 Å². The van der Waals surface area contributed by atoms with E-state index in [0.717, 1.165) is 16.8 Å². The average Bonchev–Trinajstić information content (AvgIpc) is 3.68. The molecular formula is C58H51N5. The lowest BCUT2D eigenvalue weighted by Gasteiger charge is -2.42. The zero-order valence-electron chi connectivity index (χ0n) is 36.0. The second kappa shape index (κ2) is 17.3. The van der Waals surface area contributed by atoms with Gasteiger partial charge in [0.25, 0.3) is 0 Å². The molecule has 0 aliphatic carbocycles. The van der Waals surface area contributed by atoms with Crippen molar-refractivity contribution in [2.75, 3.05) is 4.90 Å². The molecule has 1 aliphatic rings. The molecule has 1 aliphatic heterocycles. The van der Waals surface area contributed by atoms with Gasteiger partial charge >= 0.3 is 0 Å². The minimum atomic E-state index is -0.195. The second-order valence-electron chi connectivity index (χ2n) is 16.6. The highest BCUT2D eigenvalue weighted by atomic mass is 15.2. The van der Waals surface area contributed by atoms with Gasteiger partial charge in [-0.1, -0.05) is 183 Å². The van der Waals surface area contributed by atoms with E-state index >= 15 is 0 Å². The fourth-order valence-corrected chi connectivity index (χ4v) is 9.04. The number of nitrogens with two attached hydrogens (primary N) is 2. The molecule has 5 nitrogen and oxygen atoms in total. The van der Waals surface area contributed by atoms with Gasteiger partial charge < -0.3 is 20.9 Å². The Morgan fingerprint density at radius 3 is 1.87 bits per heavy atom. The van der Waals surface area contributed by atoms with E-state index in [4.69, 9.17) is 16.9 Å². The van der Waals surface area contributed by atoms with Crippen LogP contribution in [0.1, 0.15) is 41.7 Å². The van der Waals surface area contributed by atoms with Crippen LogP contribution in [0.4, 0.5) is 17.1 Å². The molecule has 0 atom stereocenters. The summed E-state index contributed by atoms with van der Waals surface area (Å²) in [4.78, 5) is 2.42. The van der Waals surface area contributed by atoms with Crippen LogP contribution < -0.4 is 16.4 Å². The van der Waals surface area contributed by atoms with Crippen molar-refractivity contribution in [3.63, 3.8) is 0 Å². The number of hydrogen-bond donors (Lipinski definition) is 3. The molecule has 5 N–H and O–H groups in total. The van der Waals surface area contributed by atoms with Gasteiger partial charge in [0.05, 0.1) is 22.4 Å². The van der Waals surface area contributed by atoms with E-state index in [2.05, 4.69) is 194 Å². The number of rotatable bonds is 5. The summed E-state index contributed by atoms with van der Waals surface area (Å²) in [6, 6.07) is 74.8. The molecule has 308 valence electrons. The van der Waals surface area contributed by atoms with E-state index in [1.165, 1.54) is 77.5 Å². The SMILES string of the molecule is CC1(C)c2ccccc2N(c2ccccc2)c2ccc(-c3cccc4c5c6ccccc6ccc5n(-c5cccc(CN)c5)c34)cc21.Cc1ccccc1.N=C(N)c1ccccc1. The van der Waals surface area contributed by atoms with Gasteiger partial charge in [0.2, 0.25) is 0 Å². The van der Waals surface area contributed by atoms with E-state index in [9.17, 15) is 0 Å². The minimum Gasteiger partial charge on any atom is -0.384 e. The number of amidine groups is 1. The molecule has 11 rings (SSSR count). The Balaban J connectivity index is 0.000000265. The number of aromatic nitrogens is 1. The van der Waals surface area contributed by atoms with Crippen LogP contribution in [0.2, 0.25) is 0 Å². The summed E-state index contributed by atoms with van der Waals surface area (Å²) < 4.78 is 2.45. The molecule has 0 spiro atoms. The summed E-state index contributed by atoms with van der Waals surface area (Å²) >= 11 is 0. The van der Waals surface area contributed by atoms with Gasteiger partial charge in [-0.05, 0) is 88.5 Å². The third-order valence-corrected chi connectivity index (χ3v) is 12.2. The van der Waals surface area contributed by atoms with Gasteiger partial charge in [-0.25, -0.2) is 0 Å². The molecule has 0 unspecified atom stereocenters. The molecule has 63 heavy (non-hydrogen) atoms. The van der Waals surface area contributed by atoms with Gasteiger partial charge in [0.15, 0.2) is 0 Å². The fourth-order valence-electron chi connectivity index (χ4n) is 9.04. The number of aryl methyl sites for hydroxylation is 1. The maximum absolute atomic E-state index is 7.01. The van der Waals surface area contributed by atoms with Gasteiger partial charge in [0.1, 0.15) is 5.84 Å². The average molecular weight is 818 g/mol. The Morgan fingerprint density at radius 1 is 0.556 bits per heavy atom. The first kappa shape index (κ1) is 40.7. The summed E-state index contributed by atoms with van der Waals surface area (Å²) in [5, 5.41) is 12.1. The Labute approximate surface area is 370 Å². The summed E-state index contributed by atoms with van der Waals surface area (Å²) in [5.74, 6) is 0.121. The zero-order chi connectivity index (χ0) is 43.5. The standard InChI is InChI=1S/C44H35N3.C7H8N2.C7H8/c1-44(2)37-20-8-9-21-39(37)46(32-14-4-3-5-15-32)40-24-23-31(27-38(40)44)35-18-11-19-36-42-34-17-7-6-13-30(34)22-25-41(42)47(43(35)36)33-16-10-12-29(26-33)28-45;8-7(9)6-4-2-1-3-5-6;1-7-5-3-2-4-6-7/h3-27H,28,45H2,1-2H3;1-5H,(H3,8,9);2-6H,1H3. The van der Waals surface area contributed by atoms with Crippen LogP contribution in [-0.2, 0) is 12.0 Å². The lowest BCUT2D eigenvalue weighted by molar-refractivity contribution is 0.632. The summed E-state index contributed by atoms with van der Waals surface area (Å²) in [6.45, 7) is 7.30. The molecule has 0 saturated heterocycles. The van der Waals surface area contributed by atoms with Crippen LogP contribution in [0.25, 0.3) is 49.4 Å². The maximum atomic E-state index is 7.01. The van der Waals surface area contributed by atoms with E-state index in [1.807, 2.05) is 48.5 Å². The van der Waals surface area contributed by atoms with Crippen LogP contribution in [-0.4, -0.2) is 10.4 Å². The van der Waals surface area contributed by atoms with Gasteiger partial charge in [-0.15, -0.1) is 0 Å². The van der Waals surface area contributed by atoms with Crippen molar-refractivity contribution < 1.29 is 0 Å². The van der Waals surface area contributed by atoms with E-state index < -0.39 is 0 Å². The number of nitrogens with zero attached hydrogens (tertiary/aromatic N) is 2. The molecule has 10 aromatic rings. The number of hydrogen-bond acceptors (Lipinski definition) is 3. The normalized spacial score (nSPS) is 12.4. The maximum Gasteiger partial charge on any atom is 0.122 e. The number of nitrogens with one attached hydrogen (secondary N) is 1. The third kappa shape index (κ3) is 7.76. The fraction of sp³-hybridized carbons (Fsp3) is 0.0862. The largest absolute Gasteiger partial charge is 0.384 e. The molecule has 1 aromatic heterocycles. The minimum absolute atomic E-state index is 0.121. The Hall–Kier alpha value is -7.73. The summed E-state index contributed by atoms with van der Waals surface area (Å²) in [5.41, 5.74) is 26.6. The number of para-hydroxylation sites is 3. The number of nitrogen functional groups attached to an aromatic ring is 1. The molecule has 9 aromatic carbocycles. The quantitative estimate of drug-likeness (QED) is 0.119. The van der Waals surface area contributed by atoms with Crippen molar-refractivity contribution in [2.24, 2.45) is 11.5 Å². The van der Waals surface area contributed by atoms with Crippen molar-refractivity contribution in [2.45, 2.75) is 32.7 Å². The molecule has 0 radical (unpaired) electrons. The summed E-state index contributed by atoms with van der Waals surface area (Å²) in [6.07, 6.45) is 0. The van der Waals surface area contributed by atoms with Gasteiger partial charge in [-0.2, -0.15) is 0 Å². The molecule has 0 amide bonds. The Bertz CT molecular complexity index is 3220. The van der Waals surface area contributed by atoms with E-state index in [1.54, 1.807) is 0 Å². The second-order valence-corrected chi connectivity index (χ2v) is 16.6. The lowest BCUT2D eigenvalue weighted by atomic mass is 9.73. The van der Waals surface area contributed by atoms with E-state index in [-0.39, 0.29) is 11.3 Å². The predicted octanol–water partition coefficient (Wildman–Crippen LogP) is 14.1. The first-order valence-electron chi connectivity index (χ1n) is 21.5. The van der Waals surface area contributed by atoms with Crippen LogP contribution in [0, 0.1) is 12.3 Å². The molecular weight excluding hydrogens is 767 g/mol. The Kier molecular flexibility index (Phi) is 11.2. The Morgan fingerprint density at radius 2 is 1.17 bits per heavy atom. The lowest BCUT2D eigenvalue weighted by Crippen LogP contribution is -2.30. The highest BCUT2D eigenvalue weighted by molar-refractivity contribution is 6.23. The number of anilines is 3. The molecule has 0 bridgehead atoms. The van der Waals surface area contributed by atoms with Gasteiger partial charge in [0, 0.05) is 45.2 Å². The van der Waals surface area contributed by atoms with Crippen LogP contribution >= 0.6 is 0 Å².